The molecule has 6 heteroatoms. The van der Waals surface area contributed by atoms with Crippen LogP contribution in [-0.4, -0.2) is 27.7 Å². The third kappa shape index (κ3) is 2.71. The number of rotatable bonds is 2. The smallest absolute Gasteiger partial charge is 0.232 e. The van der Waals surface area contributed by atoms with Crippen LogP contribution in [0.5, 0.6) is 0 Å². The zero-order valence-electron chi connectivity index (χ0n) is 10.5. The Morgan fingerprint density at radius 2 is 2.20 bits per heavy atom. The van der Waals surface area contributed by atoms with Crippen molar-refractivity contribution in [3.8, 4) is 11.3 Å². The molecule has 0 bridgehead atoms. The van der Waals surface area contributed by atoms with E-state index in [1.165, 1.54) is 0 Å². The molecule has 0 saturated carbocycles. The van der Waals surface area contributed by atoms with Gasteiger partial charge in [0, 0.05) is 34.4 Å². The standard InChI is InChI=1S/C14H12BrN3OS/c15-10-3-1-2-9(6-10)12-4-5-16-14(17-12)18-8-11(20)7-13(18)19/h1-6,11,20H,7-8H2. The summed E-state index contributed by atoms with van der Waals surface area (Å²) in [4.78, 5) is 22.2. The number of hydrogen-bond donors (Lipinski definition) is 1. The van der Waals surface area contributed by atoms with Crippen molar-refractivity contribution in [3.05, 3.63) is 41.0 Å². The lowest BCUT2D eigenvalue weighted by molar-refractivity contribution is -0.117. The first-order valence-electron chi connectivity index (χ1n) is 6.21. The summed E-state index contributed by atoms with van der Waals surface area (Å²) in [5, 5.41) is 0.0561. The number of benzene rings is 1. The average Bonchev–Trinajstić information content (AvgIpc) is 2.78. The van der Waals surface area contributed by atoms with Crippen LogP contribution < -0.4 is 4.90 Å². The van der Waals surface area contributed by atoms with Crippen LogP contribution in [0.25, 0.3) is 11.3 Å². The fourth-order valence-corrected chi connectivity index (χ4v) is 2.89. The second-order valence-corrected chi connectivity index (χ2v) is 6.26. The number of amides is 1. The summed E-state index contributed by atoms with van der Waals surface area (Å²) in [6, 6.07) is 9.71. The molecule has 0 radical (unpaired) electrons. The van der Waals surface area contributed by atoms with E-state index in [4.69, 9.17) is 0 Å². The first kappa shape index (κ1) is 13.6. The molecule has 1 aliphatic heterocycles. The second-order valence-electron chi connectivity index (χ2n) is 4.61. The minimum Gasteiger partial charge on any atom is -0.280 e. The van der Waals surface area contributed by atoms with E-state index >= 15 is 0 Å². The maximum absolute atomic E-state index is 11.9. The maximum Gasteiger partial charge on any atom is 0.232 e. The lowest BCUT2D eigenvalue weighted by Gasteiger charge is -2.14. The van der Waals surface area contributed by atoms with Gasteiger partial charge in [0.2, 0.25) is 11.9 Å². The topological polar surface area (TPSA) is 46.1 Å². The van der Waals surface area contributed by atoms with Crippen molar-refractivity contribution in [1.29, 1.82) is 0 Å². The van der Waals surface area contributed by atoms with Gasteiger partial charge in [-0.2, -0.15) is 12.6 Å². The van der Waals surface area contributed by atoms with Gasteiger partial charge in [-0.25, -0.2) is 9.97 Å². The van der Waals surface area contributed by atoms with Crippen LogP contribution in [-0.2, 0) is 4.79 Å². The van der Waals surface area contributed by atoms with E-state index in [-0.39, 0.29) is 11.2 Å². The van der Waals surface area contributed by atoms with Crippen LogP contribution in [0.15, 0.2) is 41.0 Å². The van der Waals surface area contributed by atoms with Gasteiger partial charge in [0.05, 0.1) is 5.69 Å². The van der Waals surface area contributed by atoms with Gasteiger partial charge in [-0.05, 0) is 18.2 Å². The van der Waals surface area contributed by atoms with Crippen molar-refractivity contribution in [1.82, 2.24) is 9.97 Å². The lowest BCUT2D eigenvalue weighted by atomic mass is 10.1. The van der Waals surface area contributed by atoms with E-state index in [1.54, 1.807) is 11.1 Å². The van der Waals surface area contributed by atoms with E-state index in [1.807, 2.05) is 30.3 Å². The fraction of sp³-hybridized carbons (Fsp3) is 0.214. The summed E-state index contributed by atoms with van der Waals surface area (Å²) < 4.78 is 0.989. The normalized spacial score (nSPS) is 18.6. The van der Waals surface area contributed by atoms with Crippen molar-refractivity contribution < 1.29 is 4.79 Å². The van der Waals surface area contributed by atoms with E-state index in [2.05, 4.69) is 38.5 Å². The van der Waals surface area contributed by atoms with Crippen LogP contribution in [0.2, 0.25) is 0 Å². The monoisotopic (exact) mass is 349 g/mol. The Bertz CT molecular complexity index is 664. The average molecular weight is 350 g/mol. The number of hydrogen-bond acceptors (Lipinski definition) is 4. The molecule has 1 fully saturated rings. The molecule has 4 nitrogen and oxygen atoms in total. The van der Waals surface area contributed by atoms with E-state index in [0.717, 1.165) is 15.7 Å². The van der Waals surface area contributed by atoms with Gasteiger partial charge in [-0.1, -0.05) is 28.1 Å². The molecule has 1 aliphatic rings. The Labute approximate surface area is 130 Å². The highest BCUT2D eigenvalue weighted by Gasteiger charge is 2.30. The molecule has 2 aromatic rings. The van der Waals surface area contributed by atoms with Gasteiger partial charge in [-0.15, -0.1) is 0 Å². The molecule has 1 aromatic carbocycles. The van der Waals surface area contributed by atoms with Crippen LogP contribution in [0.1, 0.15) is 6.42 Å². The molecule has 1 saturated heterocycles. The van der Waals surface area contributed by atoms with E-state index < -0.39 is 0 Å². The number of aromatic nitrogens is 2. The van der Waals surface area contributed by atoms with Crippen LogP contribution >= 0.6 is 28.6 Å². The third-order valence-electron chi connectivity index (χ3n) is 3.11. The first-order chi connectivity index (χ1) is 9.63. The highest BCUT2D eigenvalue weighted by atomic mass is 79.9. The minimum absolute atomic E-state index is 0.0244. The summed E-state index contributed by atoms with van der Waals surface area (Å²) in [5.74, 6) is 0.473. The van der Waals surface area contributed by atoms with Gasteiger partial charge in [0.1, 0.15) is 0 Å². The van der Waals surface area contributed by atoms with Crippen molar-refractivity contribution in [2.75, 3.05) is 11.4 Å². The highest BCUT2D eigenvalue weighted by molar-refractivity contribution is 9.10. The Morgan fingerprint density at radius 3 is 2.90 bits per heavy atom. The molecule has 0 spiro atoms. The molecule has 1 unspecified atom stereocenters. The summed E-state index contributed by atoms with van der Waals surface area (Å²) in [7, 11) is 0. The van der Waals surface area contributed by atoms with Gasteiger partial charge < -0.3 is 0 Å². The van der Waals surface area contributed by atoms with E-state index in [0.29, 0.717) is 18.9 Å². The van der Waals surface area contributed by atoms with Gasteiger partial charge in [0.15, 0.2) is 0 Å². The quantitative estimate of drug-likeness (QED) is 0.848. The molecular formula is C14H12BrN3OS. The Morgan fingerprint density at radius 1 is 1.35 bits per heavy atom. The number of carbonyl (C=O) groups excluding carboxylic acids is 1. The van der Waals surface area contributed by atoms with Crippen molar-refractivity contribution in [2.24, 2.45) is 0 Å². The van der Waals surface area contributed by atoms with Gasteiger partial charge in [-0.3, -0.25) is 9.69 Å². The molecule has 1 aromatic heterocycles. The predicted molar refractivity (Wildman–Crippen MR) is 84.9 cm³/mol. The molecule has 2 heterocycles. The lowest BCUT2D eigenvalue weighted by Crippen LogP contribution is -2.26. The van der Waals surface area contributed by atoms with Crippen molar-refractivity contribution >= 4 is 40.4 Å². The molecule has 1 amide bonds. The fourth-order valence-electron chi connectivity index (χ4n) is 2.17. The van der Waals surface area contributed by atoms with Crippen molar-refractivity contribution in [2.45, 2.75) is 11.7 Å². The first-order valence-corrected chi connectivity index (χ1v) is 7.52. The Balaban J connectivity index is 1.96. The van der Waals surface area contributed by atoms with Crippen molar-refractivity contribution in [3.63, 3.8) is 0 Å². The summed E-state index contributed by atoms with van der Waals surface area (Å²) in [5.41, 5.74) is 1.78. The summed E-state index contributed by atoms with van der Waals surface area (Å²) >= 11 is 7.79. The molecule has 0 N–H and O–H groups in total. The SMILES string of the molecule is O=C1CC(S)CN1c1nccc(-c2cccc(Br)c2)n1. The maximum atomic E-state index is 11.9. The molecule has 3 rings (SSSR count). The second kappa shape index (κ2) is 5.54. The third-order valence-corrected chi connectivity index (χ3v) is 3.95. The molecule has 102 valence electrons. The number of nitrogens with zero attached hydrogens (tertiary/aromatic N) is 3. The van der Waals surface area contributed by atoms with Crippen LogP contribution in [0, 0.1) is 0 Å². The zero-order chi connectivity index (χ0) is 14.1. The zero-order valence-corrected chi connectivity index (χ0v) is 13.0. The predicted octanol–water partition coefficient (Wildman–Crippen LogP) is 2.94. The van der Waals surface area contributed by atoms with Crippen LogP contribution in [0.4, 0.5) is 5.95 Å². The Hall–Kier alpha value is -1.40. The number of carbonyl (C=O) groups is 1. The Kier molecular flexibility index (Phi) is 3.76. The molecule has 0 aliphatic carbocycles. The largest absolute Gasteiger partial charge is 0.280 e. The highest BCUT2D eigenvalue weighted by Crippen LogP contribution is 2.25. The van der Waals surface area contributed by atoms with E-state index in [9.17, 15) is 4.79 Å². The molecule has 20 heavy (non-hydrogen) atoms. The van der Waals surface area contributed by atoms with Crippen LogP contribution in [0.3, 0.4) is 0 Å². The summed E-state index contributed by atoms with van der Waals surface area (Å²) in [6.45, 7) is 0.559. The number of anilines is 1. The minimum atomic E-state index is 0.0244. The van der Waals surface area contributed by atoms with Gasteiger partial charge >= 0.3 is 0 Å². The summed E-state index contributed by atoms with van der Waals surface area (Å²) in [6.07, 6.45) is 2.12. The number of thiol groups is 1. The van der Waals surface area contributed by atoms with Gasteiger partial charge in [0.25, 0.3) is 0 Å². The molecule has 1 atom stereocenters. The molecular weight excluding hydrogens is 338 g/mol. The number of halogens is 1.